The molecule has 2 unspecified atom stereocenters. The lowest BCUT2D eigenvalue weighted by molar-refractivity contribution is -0.154. The van der Waals surface area contributed by atoms with E-state index in [1.54, 1.807) is 0 Å². The van der Waals surface area contributed by atoms with Gasteiger partial charge in [-0.3, -0.25) is 0 Å². The van der Waals surface area contributed by atoms with Gasteiger partial charge in [0.1, 0.15) is 0 Å². The largest absolute Gasteiger partial charge is 0.479 e. The Morgan fingerprint density at radius 3 is 2.42 bits per heavy atom. The van der Waals surface area contributed by atoms with Crippen LogP contribution < -0.4 is 0 Å². The first-order valence-corrected chi connectivity index (χ1v) is 6.01. The van der Waals surface area contributed by atoms with Crippen LogP contribution in [0, 0.1) is 11.3 Å². The van der Waals surface area contributed by atoms with Crippen LogP contribution in [-0.4, -0.2) is 78.5 Å². The maximum atomic E-state index is 12.2. The first-order valence-electron chi connectivity index (χ1n) is 6.01. The van der Waals surface area contributed by atoms with Crippen LogP contribution in [-0.2, 0) is 14.3 Å². The summed E-state index contributed by atoms with van der Waals surface area (Å²) in [4.78, 5) is 26.0. The van der Waals surface area contributed by atoms with E-state index < -0.39 is 18.2 Å². The number of morpholine rings is 2. The average molecular weight is 269 g/mol. The van der Waals surface area contributed by atoms with E-state index in [-0.39, 0.29) is 25.7 Å². The highest BCUT2D eigenvalue weighted by Gasteiger charge is 2.33. The van der Waals surface area contributed by atoms with E-state index in [0.717, 1.165) is 0 Å². The van der Waals surface area contributed by atoms with Gasteiger partial charge in [-0.15, -0.1) is 0 Å². The zero-order valence-corrected chi connectivity index (χ0v) is 10.3. The number of amides is 2. The van der Waals surface area contributed by atoms with Crippen LogP contribution in [0.3, 0.4) is 0 Å². The van der Waals surface area contributed by atoms with Crippen LogP contribution in [0.15, 0.2) is 0 Å². The minimum Gasteiger partial charge on any atom is -0.479 e. The molecule has 0 saturated carbocycles. The number of carbonyl (C=O) groups is 2. The predicted octanol–water partition coefficient (Wildman–Crippen LogP) is -0.884. The third-order valence-electron chi connectivity index (χ3n) is 3.09. The molecule has 2 atom stereocenters. The number of carbonyl (C=O) groups excluding carboxylic acids is 1. The molecule has 2 heterocycles. The summed E-state index contributed by atoms with van der Waals surface area (Å²) in [7, 11) is 0. The fourth-order valence-corrected chi connectivity index (χ4v) is 2.07. The van der Waals surface area contributed by atoms with Gasteiger partial charge in [0, 0.05) is 13.1 Å². The molecule has 0 aromatic rings. The van der Waals surface area contributed by atoms with Crippen molar-refractivity contribution in [3.63, 3.8) is 0 Å². The Morgan fingerprint density at radius 1 is 1.16 bits per heavy atom. The Hall–Kier alpha value is -1.85. The van der Waals surface area contributed by atoms with Gasteiger partial charge in [-0.05, 0) is 0 Å². The van der Waals surface area contributed by atoms with Crippen LogP contribution >= 0.6 is 0 Å². The Morgan fingerprint density at radius 2 is 1.79 bits per heavy atom. The molecule has 104 valence electrons. The van der Waals surface area contributed by atoms with Crippen molar-refractivity contribution in [1.29, 1.82) is 5.26 Å². The highest BCUT2D eigenvalue weighted by Crippen LogP contribution is 2.12. The summed E-state index contributed by atoms with van der Waals surface area (Å²) < 4.78 is 10.2. The van der Waals surface area contributed by atoms with Crippen molar-refractivity contribution >= 4 is 12.0 Å². The third kappa shape index (κ3) is 3.13. The summed E-state index contributed by atoms with van der Waals surface area (Å²) >= 11 is 0. The van der Waals surface area contributed by atoms with E-state index in [4.69, 9.17) is 19.8 Å². The highest BCUT2D eigenvalue weighted by atomic mass is 16.5. The molecule has 0 radical (unpaired) electrons. The van der Waals surface area contributed by atoms with E-state index in [1.807, 2.05) is 6.07 Å². The number of nitriles is 1. The molecule has 8 nitrogen and oxygen atoms in total. The molecular formula is C11H15N3O5. The molecule has 8 heteroatoms. The number of nitrogens with zero attached hydrogens (tertiary/aromatic N) is 3. The summed E-state index contributed by atoms with van der Waals surface area (Å²) in [5, 5.41) is 17.7. The predicted molar refractivity (Wildman–Crippen MR) is 61.3 cm³/mol. The van der Waals surface area contributed by atoms with Gasteiger partial charge in [0.2, 0.25) is 0 Å². The molecule has 0 aromatic carbocycles. The van der Waals surface area contributed by atoms with Gasteiger partial charge >= 0.3 is 12.0 Å². The van der Waals surface area contributed by atoms with Gasteiger partial charge in [0.05, 0.1) is 32.4 Å². The van der Waals surface area contributed by atoms with Crippen LogP contribution in [0.5, 0.6) is 0 Å². The number of hydrogen-bond donors (Lipinski definition) is 1. The summed E-state index contributed by atoms with van der Waals surface area (Å²) in [6.07, 6.45) is -1.60. The molecule has 0 spiro atoms. The Labute approximate surface area is 110 Å². The SMILES string of the molecule is N#CC1CN(C(=O)N2CCOC(C(=O)O)C2)CCO1. The number of ether oxygens (including phenoxy) is 2. The van der Waals surface area contributed by atoms with E-state index in [1.165, 1.54) is 9.80 Å². The second-order valence-electron chi connectivity index (χ2n) is 4.36. The van der Waals surface area contributed by atoms with Crippen molar-refractivity contribution in [3.8, 4) is 6.07 Å². The molecule has 2 saturated heterocycles. The first kappa shape index (κ1) is 13.6. The minimum atomic E-state index is -1.07. The highest BCUT2D eigenvalue weighted by molar-refractivity contribution is 5.77. The van der Waals surface area contributed by atoms with Crippen LogP contribution in [0.4, 0.5) is 4.79 Å². The molecule has 19 heavy (non-hydrogen) atoms. The lowest BCUT2D eigenvalue weighted by atomic mass is 10.2. The van der Waals surface area contributed by atoms with E-state index >= 15 is 0 Å². The molecule has 0 aromatic heterocycles. The number of carboxylic acids is 1. The standard InChI is InChI=1S/C11H15N3O5/c12-5-8-6-13(1-3-18-8)11(17)14-2-4-19-9(7-14)10(15)16/h8-9H,1-4,6-7H2,(H,15,16). The molecule has 2 aliphatic heterocycles. The zero-order chi connectivity index (χ0) is 13.8. The quantitative estimate of drug-likeness (QED) is 0.662. The van der Waals surface area contributed by atoms with Crippen molar-refractivity contribution < 1.29 is 24.2 Å². The monoisotopic (exact) mass is 269 g/mol. The number of aliphatic carboxylic acids is 1. The number of hydrogen-bond acceptors (Lipinski definition) is 5. The van der Waals surface area contributed by atoms with Gasteiger partial charge in [-0.1, -0.05) is 0 Å². The van der Waals surface area contributed by atoms with Crippen molar-refractivity contribution in [1.82, 2.24) is 9.80 Å². The summed E-state index contributed by atoms with van der Waals surface area (Å²) in [5.74, 6) is -1.07. The Balaban J connectivity index is 1.95. The number of carboxylic acid groups (broad SMARTS) is 1. The molecule has 2 fully saturated rings. The van der Waals surface area contributed by atoms with Gasteiger partial charge < -0.3 is 24.4 Å². The molecule has 2 rings (SSSR count). The smallest absolute Gasteiger partial charge is 0.334 e. The number of rotatable bonds is 1. The van der Waals surface area contributed by atoms with E-state index in [9.17, 15) is 9.59 Å². The lowest BCUT2D eigenvalue weighted by Gasteiger charge is -2.37. The second-order valence-corrected chi connectivity index (χ2v) is 4.36. The fourth-order valence-electron chi connectivity index (χ4n) is 2.07. The Kier molecular flexibility index (Phi) is 4.19. The van der Waals surface area contributed by atoms with Gasteiger partial charge in [0.15, 0.2) is 12.2 Å². The van der Waals surface area contributed by atoms with Crippen molar-refractivity contribution in [2.24, 2.45) is 0 Å². The van der Waals surface area contributed by atoms with E-state index in [0.29, 0.717) is 19.7 Å². The maximum absolute atomic E-state index is 12.2. The molecule has 0 aliphatic carbocycles. The van der Waals surface area contributed by atoms with Crippen LogP contribution in [0.1, 0.15) is 0 Å². The topological polar surface area (TPSA) is 103 Å². The lowest BCUT2D eigenvalue weighted by Crippen LogP contribution is -2.56. The summed E-state index contributed by atoms with van der Waals surface area (Å²) in [5.41, 5.74) is 0. The van der Waals surface area contributed by atoms with Gasteiger partial charge in [0.25, 0.3) is 0 Å². The third-order valence-corrected chi connectivity index (χ3v) is 3.09. The van der Waals surface area contributed by atoms with Crippen molar-refractivity contribution in [3.05, 3.63) is 0 Å². The Bertz CT molecular complexity index is 408. The molecule has 2 aliphatic rings. The maximum Gasteiger partial charge on any atom is 0.334 e. The molecular weight excluding hydrogens is 254 g/mol. The van der Waals surface area contributed by atoms with Crippen molar-refractivity contribution in [2.45, 2.75) is 12.2 Å². The number of urea groups is 1. The normalized spacial score (nSPS) is 27.7. The minimum absolute atomic E-state index is 0.0305. The van der Waals surface area contributed by atoms with E-state index in [2.05, 4.69) is 0 Å². The summed E-state index contributed by atoms with van der Waals surface area (Å²) in [6, 6.07) is 1.70. The van der Waals surface area contributed by atoms with Crippen molar-refractivity contribution in [2.75, 3.05) is 39.4 Å². The molecule has 1 N–H and O–H groups in total. The fraction of sp³-hybridized carbons (Fsp3) is 0.727. The molecule has 0 bridgehead atoms. The summed E-state index contributed by atoms with van der Waals surface area (Å²) in [6.45, 7) is 1.53. The second kappa shape index (κ2) is 5.86. The van der Waals surface area contributed by atoms with Gasteiger partial charge in [-0.25, -0.2) is 9.59 Å². The van der Waals surface area contributed by atoms with Crippen LogP contribution in [0.25, 0.3) is 0 Å². The average Bonchev–Trinajstić information content (AvgIpc) is 2.46. The molecule has 2 amide bonds. The zero-order valence-electron chi connectivity index (χ0n) is 10.3. The van der Waals surface area contributed by atoms with Gasteiger partial charge in [-0.2, -0.15) is 5.26 Å². The van der Waals surface area contributed by atoms with Crippen LogP contribution in [0.2, 0.25) is 0 Å². The first-order chi connectivity index (χ1) is 9.11.